The van der Waals surface area contributed by atoms with Crippen molar-refractivity contribution < 1.29 is 9.47 Å². The van der Waals surface area contributed by atoms with Gasteiger partial charge in [-0.25, -0.2) is 15.0 Å². The van der Waals surface area contributed by atoms with Crippen molar-refractivity contribution in [1.82, 2.24) is 19.5 Å². The van der Waals surface area contributed by atoms with Crippen LogP contribution in [0.15, 0.2) is 49.2 Å². The summed E-state index contributed by atoms with van der Waals surface area (Å²) in [6.07, 6.45) is 6.96. The normalized spacial score (nSPS) is 11.1. The summed E-state index contributed by atoms with van der Waals surface area (Å²) >= 11 is 12.9. The van der Waals surface area contributed by atoms with Crippen molar-refractivity contribution in [3.8, 4) is 11.4 Å². The Morgan fingerprint density at radius 2 is 2.10 bits per heavy atom. The summed E-state index contributed by atoms with van der Waals surface area (Å²) in [6.45, 7) is 3.24. The van der Waals surface area contributed by atoms with Crippen LogP contribution in [0.2, 0.25) is 10.0 Å². The van der Waals surface area contributed by atoms with Crippen LogP contribution in [-0.4, -0.2) is 39.8 Å². The number of pyridine rings is 2. The first-order valence-corrected chi connectivity index (χ1v) is 10.4. The third kappa shape index (κ3) is 4.58. The highest BCUT2D eigenvalue weighted by molar-refractivity contribution is 6.37. The van der Waals surface area contributed by atoms with Gasteiger partial charge in [0.25, 0.3) is 0 Å². The molecular weight excluding hydrogens is 437 g/mol. The van der Waals surface area contributed by atoms with Crippen molar-refractivity contribution >= 4 is 39.9 Å². The highest BCUT2D eigenvalue weighted by Gasteiger charge is 2.15. The van der Waals surface area contributed by atoms with E-state index in [9.17, 15) is 0 Å². The number of methoxy groups -OCH3 is 1. The molecule has 0 bridgehead atoms. The molecule has 4 rings (SSSR count). The van der Waals surface area contributed by atoms with Crippen molar-refractivity contribution in [2.24, 2.45) is 0 Å². The molecule has 3 heterocycles. The number of hydrogen-bond donors (Lipinski definition) is 1. The molecule has 1 N–H and O–H groups in total. The number of hydrogen-bond acceptors (Lipinski definition) is 6. The van der Waals surface area contributed by atoms with E-state index < -0.39 is 0 Å². The molecule has 160 valence electrons. The van der Waals surface area contributed by atoms with Crippen molar-refractivity contribution in [3.05, 3.63) is 70.5 Å². The maximum absolute atomic E-state index is 6.54. The first kappa shape index (κ1) is 21.4. The van der Waals surface area contributed by atoms with Gasteiger partial charge < -0.3 is 19.4 Å². The van der Waals surface area contributed by atoms with Gasteiger partial charge in [0.1, 0.15) is 23.7 Å². The average Bonchev–Trinajstić information content (AvgIpc) is 3.30. The summed E-state index contributed by atoms with van der Waals surface area (Å²) in [5.74, 6) is 1.18. The van der Waals surface area contributed by atoms with Crippen LogP contribution in [-0.2, 0) is 11.3 Å². The van der Waals surface area contributed by atoms with Crippen LogP contribution in [0.25, 0.3) is 16.6 Å². The maximum Gasteiger partial charge on any atom is 0.146 e. The van der Waals surface area contributed by atoms with Crippen LogP contribution in [0, 0.1) is 6.92 Å². The molecule has 9 heteroatoms. The number of benzene rings is 1. The Morgan fingerprint density at radius 1 is 1.23 bits per heavy atom. The van der Waals surface area contributed by atoms with Crippen LogP contribution in [0.4, 0.5) is 5.82 Å². The lowest BCUT2D eigenvalue weighted by atomic mass is 10.1. The molecule has 0 saturated carbocycles. The van der Waals surface area contributed by atoms with Crippen LogP contribution in [0.5, 0.6) is 5.75 Å². The molecule has 0 amide bonds. The minimum atomic E-state index is 0.175. The molecule has 0 saturated heterocycles. The minimum absolute atomic E-state index is 0.175. The Labute approximate surface area is 190 Å². The second kappa shape index (κ2) is 9.51. The van der Waals surface area contributed by atoms with E-state index in [0.717, 1.165) is 22.3 Å². The van der Waals surface area contributed by atoms with Gasteiger partial charge >= 0.3 is 0 Å². The Balaban J connectivity index is 1.65. The first-order chi connectivity index (χ1) is 15.1. The van der Waals surface area contributed by atoms with Crippen molar-refractivity contribution in [2.75, 3.05) is 25.6 Å². The van der Waals surface area contributed by atoms with E-state index in [4.69, 9.17) is 37.7 Å². The number of aromatic nitrogens is 4. The third-order valence-corrected chi connectivity index (χ3v) is 5.46. The van der Waals surface area contributed by atoms with Gasteiger partial charge in [0, 0.05) is 48.9 Å². The molecule has 0 atom stereocenters. The zero-order valence-electron chi connectivity index (χ0n) is 17.1. The standard InChI is InChI=1S/C22H21Cl2N5O2/c1-14-10-18(29-8-6-25-13-29)15-4-3-5-19(21(15)28-14)31-12-16-17(23)11-27-22(20(16)24)26-7-9-30-2/h3-6,8,10-11,13H,7,9,12H2,1-2H3,(H,26,27). The maximum atomic E-state index is 6.54. The number of imidazole rings is 1. The van der Waals surface area contributed by atoms with E-state index in [1.807, 2.05) is 42.0 Å². The second-order valence-corrected chi connectivity index (χ2v) is 7.65. The molecule has 0 spiro atoms. The molecule has 0 aliphatic carbocycles. The van der Waals surface area contributed by atoms with E-state index in [2.05, 4.69) is 15.3 Å². The van der Waals surface area contributed by atoms with Crippen LogP contribution >= 0.6 is 23.2 Å². The van der Waals surface area contributed by atoms with Crippen molar-refractivity contribution in [1.29, 1.82) is 0 Å². The average molecular weight is 458 g/mol. The SMILES string of the molecule is COCCNc1ncc(Cl)c(COc2cccc3c(-n4ccnc4)cc(C)nc23)c1Cl. The van der Waals surface area contributed by atoms with Gasteiger partial charge in [0.2, 0.25) is 0 Å². The highest BCUT2D eigenvalue weighted by Crippen LogP contribution is 2.33. The van der Waals surface area contributed by atoms with Crippen LogP contribution in [0.3, 0.4) is 0 Å². The number of anilines is 1. The number of ether oxygens (including phenoxy) is 2. The number of fused-ring (bicyclic) bond motifs is 1. The van der Waals surface area contributed by atoms with Gasteiger partial charge in [-0.2, -0.15) is 0 Å². The third-order valence-electron chi connectivity index (χ3n) is 4.73. The first-order valence-electron chi connectivity index (χ1n) is 9.65. The van der Waals surface area contributed by atoms with E-state index in [-0.39, 0.29) is 6.61 Å². The number of rotatable bonds is 8. The predicted octanol–water partition coefficient (Wildman–Crippen LogP) is 5.07. The molecule has 0 aliphatic rings. The van der Waals surface area contributed by atoms with Crippen LogP contribution in [0.1, 0.15) is 11.3 Å². The second-order valence-electron chi connectivity index (χ2n) is 6.86. The number of nitrogens with one attached hydrogen (secondary N) is 1. The fraction of sp³-hybridized carbons (Fsp3) is 0.227. The number of nitrogens with zero attached hydrogens (tertiary/aromatic N) is 4. The molecule has 4 aromatic rings. The van der Waals surface area contributed by atoms with E-state index in [0.29, 0.717) is 40.3 Å². The summed E-state index contributed by atoms with van der Waals surface area (Å²) in [5, 5.41) is 4.95. The molecule has 1 aromatic carbocycles. The number of aryl methyl sites for hydroxylation is 1. The van der Waals surface area contributed by atoms with E-state index in [1.54, 1.807) is 25.8 Å². The number of halogens is 2. The summed E-state index contributed by atoms with van der Waals surface area (Å²) in [4.78, 5) is 13.1. The monoisotopic (exact) mass is 457 g/mol. The largest absolute Gasteiger partial charge is 0.487 e. The fourth-order valence-corrected chi connectivity index (χ4v) is 3.76. The lowest BCUT2D eigenvalue weighted by molar-refractivity contribution is 0.210. The summed E-state index contributed by atoms with van der Waals surface area (Å²) in [7, 11) is 1.63. The Hall–Kier alpha value is -2.87. The fourth-order valence-electron chi connectivity index (χ4n) is 3.24. The molecule has 0 aliphatic heterocycles. The minimum Gasteiger partial charge on any atom is -0.487 e. The van der Waals surface area contributed by atoms with Crippen LogP contribution < -0.4 is 10.1 Å². The zero-order valence-corrected chi connectivity index (χ0v) is 18.6. The predicted molar refractivity (Wildman–Crippen MR) is 123 cm³/mol. The van der Waals surface area contributed by atoms with E-state index >= 15 is 0 Å². The van der Waals surface area contributed by atoms with E-state index in [1.165, 1.54) is 0 Å². The van der Waals surface area contributed by atoms with Gasteiger partial charge in [0.05, 0.1) is 28.7 Å². The molecule has 0 fully saturated rings. The quantitative estimate of drug-likeness (QED) is 0.372. The summed E-state index contributed by atoms with van der Waals surface area (Å²) in [5.41, 5.74) is 3.26. The van der Waals surface area contributed by atoms with Gasteiger partial charge in [-0.05, 0) is 19.1 Å². The van der Waals surface area contributed by atoms with Gasteiger partial charge in [-0.3, -0.25) is 0 Å². The van der Waals surface area contributed by atoms with Crippen molar-refractivity contribution in [2.45, 2.75) is 13.5 Å². The van der Waals surface area contributed by atoms with Gasteiger partial charge in [-0.15, -0.1) is 0 Å². The Bertz CT molecular complexity index is 1200. The molecular formula is C22H21Cl2N5O2. The van der Waals surface area contributed by atoms with Gasteiger partial charge in [0.15, 0.2) is 0 Å². The summed E-state index contributed by atoms with van der Waals surface area (Å²) in [6, 6.07) is 7.84. The zero-order chi connectivity index (χ0) is 21.8. The molecule has 0 radical (unpaired) electrons. The topological polar surface area (TPSA) is 74.1 Å². The summed E-state index contributed by atoms with van der Waals surface area (Å²) < 4.78 is 13.1. The molecule has 0 unspecified atom stereocenters. The number of para-hydroxylation sites is 1. The Kier molecular flexibility index (Phi) is 6.56. The highest BCUT2D eigenvalue weighted by atomic mass is 35.5. The molecule has 3 aromatic heterocycles. The van der Waals surface area contributed by atoms with Crippen molar-refractivity contribution in [3.63, 3.8) is 0 Å². The smallest absolute Gasteiger partial charge is 0.146 e. The molecule has 7 nitrogen and oxygen atoms in total. The Morgan fingerprint density at radius 3 is 2.87 bits per heavy atom. The lowest BCUT2D eigenvalue weighted by Crippen LogP contribution is -2.10. The molecule has 31 heavy (non-hydrogen) atoms. The lowest BCUT2D eigenvalue weighted by Gasteiger charge is -2.15. The van der Waals surface area contributed by atoms with Gasteiger partial charge in [-0.1, -0.05) is 35.3 Å².